The number of urea groups is 1. The second kappa shape index (κ2) is 11.7. The smallest absolute Gasteiger partial charge is 0.307 e. The van der Waals surface area contributed by atoms with Gasteiger partial charge < -0.3 is 10.2 Å². The van der Waals surface area contributed by atoms with Crippen molar-refractivity contribution in [2.75, 3.05) is 38.0 Å². The molecule has 0 saturated carbocycles. The zero-order valence-electron chi connectivity index (χ0n) is 19.1. The van der Waals surface area contributed by atoms with Gasteiger partial charge in [0.25, 0.3) is 0 Å². The molecule has 178 valence electrons. The quantitative estimate of drug-likeness (QED) is 0.503. The summed E-state index contributed by atoms with van der Waals surface area (Å²) >= 11 is 0. The van der Waals surface area contributed by atoms with Crippen LogP contribution in [0.3, 0.4) is 0 Å². The third kappa shape index (κ3) is 6.62. The van der Waals surface area contributed by atoms with Crippen LogP contribution in [0.4, 0.5) is 19.3 Å². The number of para-hydroxylation sites is 1. The molecule has 0 unspecified atom stereocenters. The number of rotatable bonds is 7. The molecule has 1 fully saturated rings. The maximum atomic E-state index is 13.5. The molecular formula is C27H30F2N4O. The molecule has 3 aromatic carbocycles. The largest absolute Gasteiger partial charge is 0.336 e. The highest BCUT2D eigenvalue weighted by molar-refractivity contribution is 5.88. The van der Waals surface area contributed by atoms with Crippen molar-refractivity contribution >= 4 is 11.7 Å². The predicted molar refractivity (Wildman–Crippen MR) is 130 cm³/mol. The van der Waals surface area contributed by atoms with E-state index in [-0.39, 0.29) is 23.6 Å². The van der Waals surface area contributed by atoms with Crippen LogP contribution in [0.5, 0.6) is 0 Å². The molecule has 1 aliphatic rings. The lowest BCUT2D eigenvalue weighted by Gasteiger charge is -2.23. The van der Waals surface area contributed by atoms with Gasteiger partial charge in [-0.1, -0.05) is 42.5 Å². The first-order valence-corrected chi connectivity index (χ1v) is 11.7. The first-order chi connectivity index (χ1) is 16.6. The number of benzene rings is 3. The van der Waals surface area contributed by atoms with Gasteiger partial charge in [-0.3, -0.25) is 5.01 Å². The van der Waals surface area contributed by atoms with Gasteiger partial charge in [0.05, 0.1) is 6.54 Å². The van der Waals surface area contributed by atoms with Crippen LogP contribution in [-0.4, -0.2) is 48.7 Å². The molecule has 0 bridgehead atoms. The van der Waals surface area contributed by atoms with Crippen LogP contribution in [0, 0.1) is 11.6 Å². The van der Waals surface area contributed by atoms with Gasteiger partial charge in [-0.05, 0) is 66.9 Å². The molecule has 0 atom stereocenters. The van der Waals surface area contributed by atoms with Crippen LogP contribution in [0.1, 0.15) is 29.9 Å². The molecule has 4 rings (SSSR count). The van der Waals surface area contributed by atoms with Crippen LogP contribution < -0.4 is 10.7 Å². The molecule has 2 N–H and O–H groups in total. The first-order valence-electron chi connectivity index (χ1n) is 11.7. The number of carbonyl (C=O) groups excluding carboxylic acids is 1. The highest BCUT2D eigenvalue weighted by Crippen LogP contribution is 2.29. The maximum Gasteiger partial charge on any atom is 0.336 e. The lowest BCUT2D eigenvalue weighted by Crippen LogP contribution is -2.46. The van der Waals surface area contributed by atoms with Gasteiger partial charge in [0, 0.05) is 31.2 Å². The van der Waals surface area contributed by atoms with Crippen molar-refractivity contribution in [3.05, 3.63) is 102 Å². The van der Waals surface area contributed by atoms with Gasteiger partial charge in [-0.2, -0.15) is 0 Å². The molecule has 7 heteroatoms. The topological polar surface area (TPSA) is 47.6 Å². The van der Waals surface area contributed by atoms with E-state index in [0.29, 0.717) is 13.1 Å². The normalized spacial score (nSPS) is 14.7. The molecule has 0 aromatic heterocycles. The highest BCUT2D eigenvalue weighted by Gasteiger charge is 2.20. The zero-order valence-corrected chi connectivity index (χ0v) is 19.1. The number of anilines is 1. The Morgan fingerprint density at radius 2 is 1.47 bits per heavy atom. The zero-order chi connectivity index (χ0) is 23.8. The number of amides is 2. The van der Waals surface area contributed by atoms with E-state index in [1.165, 1.54) is 24.3 Å². The molecule has 0 radical (unpaired) electrons. The van der Waals surface area contributed by atoms with Gasteiger partial charge in [0.15, 0.2) is 0 Å². The second-order valence-corrected chi connectivity index (χ2v) is 8.50. The Kier molecular flexibility index (Phi) is 8.22. The number of hydrogen-bond acceptors (Lipinski definition) is 3. The van der Waals surface area contributed by atoms with E-state index in [0.717, 1.165) is 49.3 Å². The van der Waals surface area contributed by atoms with E-state index in [2.05, 4.69) is 15.6 Å². The fourth-order valence-corrected chi connectivity index (χ4v) is 4.32. The molecule has 1 saturated heterocycles. The van der Waals surface area contributed by atoms with Crippen molar-refractivity contribution in [1.82, 2.24) is 15.3 Å². The Hall–Kier alpha value is -3.29. The molecule has 2 amide bonds. The summed E-state index contributed by atoms with van der Waals surface area (Å²) in [5.74, 6) is -0.460. The Bertz CT molecular complexity index is 999. The van der Waals surface area contributed by atoms with Crippen LogP contribution in [0.25, 0.3) is 0 Å². The minimum atomic E-state index is -0.264. The Balaban J connectivity index is 1.31. The third-order valence-corrected chi connectivity index (χ3v) is 6.15. The summed E-state index contributed by atoms with van der Waals surface area (Å²) < 4.78 is 26.9. The predicted octanol–water partition coefficient (Wildman–Crippen LogP) is 5.23. The van der Waals surface area contributed by atoms with E-state index in [1.54, 1.807) is 5.01 Å². The van der Waals surface area contributed by atoms with Crippen molar-refractivity contribution in [1.29, 1.82) is 0 Å². The fraction of sp³-hybridized carbons (Fsp3) is 0.296. The van der Waals surface area contributed by atoms with Crippen molar-refractivity contribution in [3.63, 3.8) is 0 Å². The van der Waals surface area contributed by atoms with E-state index in [1.807, 2.05) is 54.6 Å². The molecule has 3 aromatic rings. The number of halogens is 2. The number of nitrogens with one attached hydrogen (secondary N) is 2. The van der Waals surface area contributed by atoms with E-state index in [4.69, 9.17) is 0 Å². The minimum absolute atomic E-state index is 0.0689. The van der Waals surface area contributed by atoms with Crippen LogP contribution in [-0.2, 0) is 0 Å². The number of nitrogens with zero attached hydrogens (tertiary/aromatic N) is 2. The summed E-state index contributed by atoms with van der Waals surface area (Å²) in [6.07, 6.45) is 1.79. The molecule has 34 heavy (non-hydrogen) atoms. The summed E-state index contributed by atoms with van der Waals surface area (Å²) in [5.41, 5.74) is 6.01. The monoisotopic (exact) mass is 464 g/mol. The summed E-state index contributed by atoms with van der Waals surface area (Å²) in [7, 11) is 0. The third-order valence-electron chi connectivity index (χ3n) is 6.15. The average Bonchev–Trinajstić information content (AvgIpc) is 3.10. The van der Waals surface area contributed by atoms with Crippen molar-refractivity contribution in [2.45, 2.75) is 18.8 Å². The summed E-state index contributed by atoms with van der Waals surface area (Å²) in [4.78, 5) is 14.9. The van der Waals surface area contributed by atoms with E-state index in [9.17, 15) is 13.6 Å². The molecule has 0 spiro atoms. The van der Waals surface area contributed by atoms with Crippen LogP contribution >= 0.6 is 0 Å². The standard InChI is InChI=1S/C27H30F2N4O/c28-23-12-8-21(9-13-23)26(22-10-14-24(29)15-11-22)7-4-17-32-18-16-30-33(20-19-32)27(34)31-25-5-2-1-3-6-25/h1-3,5-6,8-15,26,30H,4,7,16-20H2,(H,31,34). The van der Waals surface area contributed by atoms with Crippen LogP contribution in [0.2, 0.25) is 0 Å². The average molecular weight is 465 g/mol. The maximum absolute atomic E-state index is 13.5. The Morgan fingerprint density at radius 3 is 2.09 bits per heavy atom. The second-order valence-electron chi connectivity index (χ2n) is 8.50. The molecule has 0 aliphatic carbocycles. The summed E-state index contributed by atoms with van der Waals surface area (Å²) in [6.45, 7) is 3.76. The summed E-state index contributed by atoms with van der Waals surface area (Å²) in [5, 5.41) is 4.54. The number of hydrogen-bond donors (Lipinski definition) is 2. The van der Waals surface area contributed by atoms with Crippen LogP contribution in [0.15, 0.2) is 78.9 Å². The lowest BCUT2D eigenvalue weighted by molar-refractivity contribution is 0.189. The molecule has 5 nitrogen and oxygen atoms in total. The van der Waals surface area contributed by atoms with Gasteiger partial charge >= 0.3 is 6.03 Å². The molecule has 1 heterocycles. The van der Waals surface area contributed by atoms with Gasteiger partial charge in [-0.15, -0.1) is 0 Å². The Labute approximate surface area is 199 Å². The molecule has 1 aliphatic heterocycles. The first kappa shape index (κ1) is 23.9. The minimum Gasteiger partial charge on any atom is -0.307 e. The van der Waals surface area contributed by atoms with E-state index < -0.39 is 0 Å². The van der Waals surface area contributed by atoms with Crippen molar-refractivity contribution in [2.24, 2.45) is 0 Å². The molecular weight excluding hydrogens is 434 g/mol. The van der Waals surface area contributed by atoms with Gasteiger partial charge in [0.2, 0.25) is 0 Å². The Morgan fingerprint density at radius 1 is 0.853 bits per heavy atom. The SMILES string of the molecule is O=C(Nc1ccccc1)N1CCN(CCCC(c2ccc(F)cc2)c2ccc(F)cc2)CCN1. The number of hydrazine groups is 1. The van der Waals surface area contributed by atoms with Gasteiger partial charge in [-0.25, -0.2) is 19.0 Å². The lowest BCUT2D eigenvalue weighted by atomic mass is 9.87. The van der Waals surface area contributed by atoms with Crippen molar-refractivity contribution in [3.8, 4) is 0 Å². The van der Waals surface area contributed by atoms with E-state index >= 15 is 0 Å². The summed E-state index contributed by atoms with van der Waals surface area (Å²) in [6, 6.07) is 22.4. The fourth-order valence-electron chi connectivity index (χ4n) is 4.32. The number of carbonyl (C=O) groups is 1. The van der Waals surface area contributed by atoms with Gasteiger partial charge in [0.1, 0.15) is 11.6 Å². The highest BCUT2D eigenvalue weighted by atomic mass is 19.1. The van der Waals surface area contributed by atoms with Crippen molar-refractivity contribution < 1.29 is 13.6 Å².